The molecule has 2 rings (SSSR count). The van der Waals surface area contributed by atoms with Crippen molar-refractivity contribution in [2.45, 2.75) is 44.6 Å². The van der Waals surface area contributed by atoms with Crippen molar-refractivity contribution in [3.05, 3.63) is 0 Å². The van der Waals surface area contributed by atoms with Crippen molar-refractivity contribution in [2.75, 3.05) is 24.7 Å². The highest BCUT2D eigenvalue weighted by atomic mass is 32.2. The van der Waals surface area contributed by atoms with E-state index in [2.05, 4.69) is 5.32 Å². The Morgan fingerprint density at radius 2 is 1.72 bits per heavy atom. The zero-order chi connectivity index (χ0) is 13.0. The van der Waals surface area contributed by atoms with Crippen molar-refractivity contribution >= 4 is 9.84 Å². The van der Waals surface area contributed by atoms with Crippen LogP contribution in [0.15, 0.2) is 0 Å². The Balaban J connectivity index is 1.77. The van der Waals surface area contributed by atoms with Crippen LogP contribution in [-0.4, -0.2) is 44.2 Å². The SMILES string of the molecule is O=S1(=O)CCC(C(CO)CNC2CCCC2)CC1. The maximum atomic E-state index is 11.4. The van der Waals surface area contributed by atoms with Gasteiger partial charge in [-0.05, 0) is 37.5 Å². The van der Waals surface area contributed by atoms with Gasteiger partial charge in [-0.15, -0.1) is 0 Å². The van der Waals surface area contributed by atoms with Crippen LogP contribution in [0, 0.1) is 11.8 Å². The van der Waals surface area contributed by atoms with Crippen LogP contribution in [0.4, 0.5) is 0 Å². The van der Waals surface area contributed by atoms with Gasteiger partial charge in [0.05, 0.1) is 11.5 Å². The fraction of sp³-hybridized carbons (Fsp3) is 1.00. The van der Waals surface area contributed by atoms with Crippen LogP contribution in [0.2, 0.25) is 0 Å². The lowest BCUT2D eigenvalue weighted by molar-refractivity contribution is 0.160. The predicted molar refractivity (Wildman–Crippen MR) is 72.2 cm³/mol. The Morgan fingerprint density at radius 3 is 2.28 bits per heavy atom. The standard InChI is InChI=1S/C13H25NO3S/c15-10-12(9-14-13-3-1-2-4-13)11-5-7-18(16,17)8-6-11/h11-15H,1-10H2. The minimum Gasteiger partial charge on any atom is -0.396 e. The van der Waals surface area contributed by atoms with E-state index in [4.69, 9.17) is 0 Å². The molecule has 2 fully saturated rings. The molecule has 0 spiro atoms. The van der Waals surface area contributed by atoms with Crippen LogP contribution in [-0.2, 0) is 9.84 Å². The van der Waals surface area contributed by atoms with E-state index >= 15 is 0 Å². The number of hydrogen-bond donors (Lipinski definition) is 2. The molecule has 1 heterocycles. The number of rotatable bonds is 5. The van der Waals surface area contributed by atoms with Gasteiger partial charge in [0.15, 0.2) is 0 Å². The number of nitrogens with one attached hydrogen (secondary N) is 1. The second-order valence-electron chi connectivity index (χ2n) is 5.82. The predicted octanol–water partition coefficient (Wildman–Crippen LogP) is 0.952. The molecule has 18 heavy (non-hydrogen) atoms. The fourth-order valence-corrected chi connectivity index (χ4v) is 4.74. The minimum absolute atomic E-state index is 0.171. The van der Waals surface area contributed by atoms with Crippen LogP contribution < -0.4 is 5.32 Å². The summed E-state index contributed by atoms with van der Waals surface area (Å²) >= 11 is 0. The summed E-state index contributed by atoms with van der Waals surface area (Å²) in [5.74, 6) is 1.20. The average Bonchev–Trinajstić information content (AvgIpc) is 2.84. The highest BCUT2D eigenvalue weighted by molar-refractivity contribution is 7.91. The van der Waals surface area contributed by atoms with Gasteiger partial charge < -0.3 is 10.4 Å². The summed E-state index contributed by atoms with van der Waals surface area (Å²) in [4.78, 5) is 0. The molecule has 0 bridgehead atoms. The summed E-state index contributed by atoms with van der Waals surface area (Å²) < 4.78 is 22.8. The molecule has 1 aliphatic heterocycles. The van der Waals surface area contributed by atoms with Crippen molar-refractivity contribution in [1.82, 2.24) is 5.32 Å². The summed E-state index contributed by atoms with van der Waals surface area (Å²) in [5.41, 5.74) is 0. The largest absolute Gasteiger partial charge is 0.396 e. The van der Waals surface area contributed by atoms with E-state index in [-0.39, 0.29) is 12.5 Å². The number of aliphatic hydroxyl groups is 1. The van der Waals surface area contributed by atoms with E-state index in [0.717, 1.165) is 19.4 Å². The Bertz CT molecular complexity index is 335. The molecule has 5 heteroatoms. The molecule has 0 aromatic carbocycles. The van der Waals surface area contributed by atoms with Gasteiger partial charge in [-0.1, -0.05) is 12.8 Å². The lowest BCUT2D eigenvalue weighted by Gasteiger charge is -2.30. The molecule has 0 aromatic heterocycles. The smallest absolute Gasteiger partial charge is 0.150 e. The molecular formula is C13H25NO3S. The second kappa shape index (κ2) is 6.35. The number of hydrogen-bond acceptors (Lipinski definition) is 4. The zero-order valence-electron chi connectivity index (χ0n) is 11.0. The summed E-state index contributed by atoms with van der Waals surface area (Å²) in [6.07, 6.45) is 6.56. The highest BCUT2D eigenvalue weighted by Crippen LogP contribution is 2.26. The third kappa shape index (κ3) is 3.93. The van der Waals surface area contributed by atoms with E-state index < -0.39 is 9.84 Å². The van der Waals surface area contributed by atoms with Gasteiger partial charge >= 0.3 is 0 Å². The molecule has 1 unspecified atom stereocenters. The molecular weight excluding hydrogens is 250 g/mol. The van der Waals surface area contributed by atoms with Crippen LogP contribution >= 0.6 is 0 Å². The van der Waals surface area contributed by atoms with Gasteiger partial charge in [0.2, 0.25) is 0 Å². The molecule has 1 saturated heterocycles. The Kier molecular flexibility index (Phi) is 5.04. The van der Waals surface area contributed by atoms with E-state index in [1.165, 1.54) is 25.7 Å². The first-order valence-corrected chi connectivity index (χ1v) is 8.97. The molecule has 1 saturated carbocycles. The molecule has 2 N–H and O–H groups in total. The summed E-state index contributed by atoms with van der Waals surface area (Å²) in [7, 11) is -2.79. The van der Waals surface area contributed by atoms with E-state index in [0.29, 0.717) is 23.5 Å². The van der Waals surface area contributed by atoms with Crippen LogP contribution in [0.3, 0.4) is 0 Å². The molecule has 0 amide bonds. The first-order valence-electron chi connectivity index (χ1n) is 7.15. The first kappa shape index (κ1) is 14.3. The van der Waals surface area contributed by atoms with Crippen molar-refractivity contribution in [2.24, 2.45) is 11.8 Å². The Morgan fingerprint density at radius 1 is 1.11 bits per heavy atom. The van der Waals surface area contributed by atoms with Gasteiger partial charge in [0.1, 0.15) is 9.84 Å². The average molecular weight is 275 g/mol. The lowest BCUT2D eigenvalue weighted by Crippen LogP contribution is -2.38. The third-order valence-corrected chi connectivity index (χ3v) is 6.24. The molecule has 1 aliphatic carbocycles. The maximum Gasteiger partial charge on any atom is 0.150 e. The maximum absolute atomic E-state index is 11.4. The van der Waals surface area contributed by atoms with Gasteiger partial charge in [-0.25, -0.2) is 8.42 Å². The molecule has 0 radical (unpaired) electrons. The second-order valence-corrected chi connectivity index (χ2v) is 8.13. The van der Waals surface area contributed by atoms with E-state index in [1.54, 1.807) is 0 Å². The Hall–Kier alpha value is -0.130. The first-order chi connectivity index (χ1) is 8.61. The minimum atomic E-state index is -2.79. The molecule has 106 valence electrons. The molecule has 4 nitrogen and oxygen atoms in total. The number of aliphatic hydroxyl groups excluding tert-OH is 1. The van der Waals surface area contributed by atoms with Crippen molar-refractivity contribution in [3.8, 4) is 0 Å². The topological polar surface area (TPSA) is 66.4 Å². The fourth-order valence-electron chi connectivity index (χ4n) is 3.21. The van der Waals surface area contributed by atoms with Crippen LogP contribution in [0.25, 0.3) is 0 Å². The molecule has 0 aromatic rings. The van der Waals surface area contributed by atoms with E-state index in [1.807, 2.05) is 0 Å². The van der Waals surface area contributed by atoms with Crippen molar-refractivity contribution in [3.63, 3.8) is 0 Å². The summed E-state index contributed by atoms with van der Waals surface area (Å²) in [6, 6.07) is 0.617. The zero-order valence-corrected chi connectivity index (χ0v) is 11.8. The lowest BCUT2D eigenvalue weighted by atomic mass is 9.87. The van der Waals surface area contributed by atoms with Crippen LogP contribution in [0.1, 0.15) is 38.5 Å². The third-order valence-electron chi connectivity index (χ3n) is 4.52. The van der Waals surface area contributed by atoms with Crippen LogP contribution in [0.5, 0.6) is 0 Å². The summed E-state index contributed by atoms with van der Waals surface area (Å²) in [5, 5.41) is 13.0. The highest BCUT2D eigenvalue weighted by Gasteiger charge is 2.29. The number of sulfone groups is 1. The van der Waals surface area contributed by atoms with E-state index in [9.17, 15) is 13.5 Å². The van der Waals surface area contributed by atoms with Crippen molar-refractivity contribution < 1.29 is 13.5 Å². The quantitative estimate of drug-likeness (QED) is 0.784. The monoisotopic (exact) mass is 275 g/mol. The van der Waals surface area contributed by atoms with Gasteiger partial charge in [0, 0.05) is 19.2 Å². The Labute approximate surface area is 110 Å². The molecule has 1 atom stereocenters. The molecule has 2 aliphatic rings. The van der Waals surface area contributed by atoms with Gasteiger partial charge in [-0.3, -0.25) is 0 Å². The van der Waals surface area contributed by atoms with Gasteiger partial charge in [0.25, 0.3) is 0 Å². The summed E-state index contributed by atoms with van der Waals surface area (Å²) in [6.45, 7) is 1.01. The van der Waals surface area contributed by atoms with Gasteiger partial charge in [-0.2, -0.15) is 0 Å². The van der Waals surface area contributed by atoms with Crippen molar-refractivity contribution in [1.29, 1.82) is 0 Å². The normalized spacial score (nSPS) is 27.4.